The van der Waals surface area contributed by atoms with Crippen LogP contribution in [-0.4, -0.2) is 41.2 Å². The van der Waals surface area contributed by atoms with Gasteiger partial charge in [0.1, 0.15) is 11.5 Å². The van der Waals surface area contributed by atoms with E-state index in [2.05, 4.69) is 11.7 Å². The fraction of sp³-hybridized carbons (Fsp3) is 0.360. The maximum absolute atomic E-state index is 13.2. The quantitative estimate of drug-likeness (QED) is 0.171. The molecule has 7 heteroatoms. The lowest BCUT2D eigenvalue weighted by molar-refractivity contribution is -0.126. The lowest BCUT2D eigenvalue weighted by atomic mass is 10.1. The second kappa shape index (κ2) is 11.2. The van der Waals surface area contributed by atoms with E-state index in [1.165, 1.54) is 0 Å². The van der Waals surface area contributed by atoms with E-state index < -0.39 is 6.10 Å². The smallest absolute Gasteiger partial charge is 0.268 e. The van der Waals surface area contributed by atoms with Gasteiger partial charge in [-0.1, -0.05) is 42.1 Å². The second-order valence-electron chi connectivity index (χ2n) is 7.84. The highest BCUT2D eigenvalue weighted by atomic mass is 16.5. The van der Waals surface area contributed by atoms with Crippen molar-refractivity contribution in [3.8, 4) is 11.5 Å². The number of amides is 1. The Kier molecular flexibility index (Phi) is 8.14. The molecule has 1 aliphatic heterocycles. The van der Waals surface area contributed by atoms with Crippen molar-refractivity contribution in [2.75, 3.05) is 18.1 Å². The summed E-state index contributed by atoms with van der Waals surface area (Å²) in [5.74, 6) is 1.32. The number of aliphatic hydroxyl groups excluding tert-OH is 1. The summed E-state index contributed by atoms with van der Waals surface area (Å²) >= 11 is 0. The molecule has 0 radical (unpaired) electrons. The lowest BCUT2D eigenvalue weighted by Gasteiger charge is -2.34. The number of allylic oxidation sites excluding steroid dienone is 1. The number of benzene rings is 2. The first-order chi connectivity index (χ1) is 15.5. The van der Waals surface area contributed by atoms with Gasteiger partial charge in [-0.3, -0.25) is 4.79 Å². The van der Waals surface area contributed by atoms with Crippen LogP contribution in [0, 0.1) is 0 Å². The average Bonchev–Trinajstić information content (AvgIpc) is 2.79. The molecule has 32 heavy (non-hydrogen) atoms. The van der Waals surface area contributed by atoms with Crippen molar-refractivity contribution >= 4 is 17.3 Å². The highest BCUT2D eigenvalue weighted by Gasteiger charge is 2.33. The predicted octanol–water partition coefficient (Wildman–Crippen LogP) is 4.88. The van der Waals surface area contributed by atoms with Crippen LogP contribution in [0.4, 0.5) is 5.69 Å². The zero-order valence-corrected chi connectivity index (χ0v) is 18.4. The number of oxime groups is 1. The van der Waals surface area contributed by atoms with E-state index in [1.54, 1.807) is 11.8 Å². The minimum absolute atomic E-state index is 0.0690. The molecular weight excluding hydrogens is 408 g/mol. The number of hydrogen-bond donors (Lipinski definition) is 2. The lowest BCUT2D eigenvalue weighted by Crippen LogP contribution is -2.47. The monoisotopic (exact) mass is 438 g/mol. The molecule has 0 fully saturated rings. The normalized spacial score (nSPS) is 15.8. The highest BCUT2D eigenvalue weighted by Crippen LogP contribution is 2.34. The van der Waals surface area contributed by atoms with Gasteiger partial charge in [0.25, 0.3) is 5.91 Å². The molecule has 0 aromatic heterocycles. The van der Waals surface area contributed by atoms with E-state index in [1.807, 2.05) is 48.5 Å². The number of fused-ring (bicyclic) bond motifs is 1. The van der Waals surface area contributed by atoms with E-state index >= 15 is 0 Å². The minimum Gasteiger partial charge on any atom is -0.513 e. The first kappa shape index (κ1) is 23.2. The summed E-state index contributed by atoms with van der Waals surface area (Å²) in [5, 5.41) is 21.5. The number of unbranched alkanes of at least 4 members (excludes halogenated alkanes) is 1. The minimum atomic E-state index is -0.634. The number of nitrogens with zero attached hydrogens (tertiary/aromatic N) is 2. The first-order valence-corrected chi connectivity index (χ1v) is 10.8. The van der Waals surface area contributed by atoms with Crippen molar-refractivity contribution in [1.29, 1.82) is 0 Å². The van der Waals surface area contributed by atoms with E-state index in [-0.39, 0.29) is 11.7 Å². The Balaban J connectivity index is 1.63. The van der Waals surface area contributed by atoms with Gasteiger partial charge in [0.15, 0.2) is 6.10 Å². The summed E-state index contributed by atoms with van der Waals surface area (Å²) < 4.78 is 11.9. The van der Waals surface area contributed by atoms with Crippen molar-refractivity contribution in [3.05, 3.63) is 66.4 Å². The van der Waals surface area contributed by atoms with E-state index in [4.69, 9.17) is 14.7 Å². The predicted molar refractivity (Wildman–Crippen MR) is 124 cm³/mol. The summed E-state index contributed by atoms with van der Waals surface area (Å²) in [6.07, 6.45) is 2.38. The number of aliphatic hydroxyl groups is 1. The average molecular weight is 439 g/mol. The van der Waals surface area contributed by atoms with Crippen LogP contribution in [0.1, 0.15) is 38.2 Å². The van der Waals surface area contributed by atoms with Crippen LogP contribution in [0.15, 0.2) is 66.0 Å². The van der Waals surface area contributed by atoms with Crippen LogP contribution in [0.25, 0.3) is 0 Å². The van der Waals surface area contributed by atoms with Crippen LogP contribution >= 0.6 is 0 Å². The van der Waals surface area contributed by atoms with Crippen LogP contribution in [-0.2, 0) is 11.2 Å². The molecule has 1 heterocycles. The van der Waals surface area contributed by atoms with Gasteiger partial charge in [-0.05, 0) is 44.4 Å². The Bertz CT molecular complexity index is 972. The topological polar surface area (TPSA) is 91.6 Å². The third-order valence-electron chi connectivity index (χ3n) is 5.31. The molecule has 170 valence electrons. The summed E-state index contributed by atoms with van der Waals surface area (Å²) in [6, 6.07) is 15.0. The number of anilines is 1. The molecule has 0 saturated heterocycles. The zero-order valence-electron chi connectivity index (χ0n) is 18.4. The molecule has 2 N–H and O–H groups in total. The molecule has 7 nitrogen and oxygen atoms in total. The molecule has 0 aliphatic carbocycles. The van der Waals surface area contributed by atoms with Gasteiger partial charge >= 0.3 is 0 Å². The second-order valence-corrected chi connectivity index (χ2v) is 7.84. The first-order valence-electron chi connectivity index (χ1n) is 10.8. The number of carbonyl (C=O) groups excluding carboxylic acids is 1. The van der Waals surface area contributed by atoms with Crippen molar-refractivity contribution in [3.63, 3.8) is 0 Å². The number of para-hydroxylation sites is 3. The molecular formula is C25H30N2O5. The molecule has 0 bridgehead atoms. The highest BCUT2D eigenvalue weighted by molar-refractivity contribution is 6.00. The molecule has 3 rings (SSSR count). The van der Waals surface area contributed by atoms with E-state index in [9.17, 15) is 9.90 Å². The number of hydrogen-bond acceptors (Lipinski definition) is 6. The van der Waals surface area contributed by atoms with Crippen molar-refractivity contribution < 1.29 is 24.6 Å². The van der Waals surface area contributed by atoms with Gasteiger partial charge in [0.2, 0.25) is 0 Å². The summed E-state index contributed by atoms with van der Waals surface area (Å²) in [4.78, 5) is 14.9. The summed E-state index contributed by atoms with van der Waals surface area (Å²) in [5.41, 5.74) is 2.29. The molecule has 0 saturated carbocycles. The van der Waals surface area contributed by atoms with E-state index in [0.29, 0.717) is 49.6 Å². The Hall–Kier alpha value is -3.48. The SMILES string of the molecule is C=C(O)Cc1ccccc1OCCC1Oc2ccccc2N(CCCC/C(C)=N\O)C1=O. The summed E-state index contributed by atoms with van der Waals surface area (Å²) in [7, 11) is 0. The zero-order chi connectivity index (χ0) is 22.9. The molecule has 1 unspecified atom stereocenters. The fourth-order valence-electron chi connectivity index (χ4n) is 3.68. The van der Waals surface area contributed by atoms with E-state index in [0.717, 1.165) is 24.1 Å². The Morgan fingerprint density at radius 3 is 2.72 bits per heavy atom. The van der Waals surface area contributed by atoms with Gasteiger partial charge < -0.3 is 24.7 Å². The van der Waals surface area contributed by atoms with Crippen molar-refractivity contribution in [2.24, 2.45) is 5.16 Å². The van der Waals surface area contributed by atoms with Gasteiger partial charge in [0, 0.05) is 24.9 Å². The van der Waals surface area contributed by atoms with Crippen LogP contribution in [0.3, 0.4) is 0 Å². The van der Waals surface area contributed by atoms with Gasteiger partial charge in [-0.15, -0.1) is 0 Å². The van der Waals surface area contributed by atoms with Crippen molar-refractivity contribution in [2.45, 2.75) is 45.1 Å². The molecule has 1 atom stereocenters. The van der Waals surface area contributed by atoms with Crippen LogP contribution in [0.2, 0.25) is 0 Å². The van der Waals surface area contributed by atoms with Crippen molar-refractivity contribution in [1.82, 2.24) is 0 Å². The maximum Gasteiger partial charge on any atom is 0.268 e. The fourth-order valence-corrected chi connectivity index (χ4v) is 3.68. The van der Waals surface area contributed by atoms with Crippen LogP contribution < -0.4 is 14.4 Å². The molecule has 0 spiro atoms. The summed E-state index contributed by atoms with van der Waals surface area (Å²) in [6.45, 7) is 6.18. The molecule has 2 aromatic rings. The Labute approximate surface area is 188 Å². The van der Waals surface area contributed by atoms with Gasteiger partial charge in [-0.25, -0.2) is 0 Å². The Morgan fingerprint density at radius 2 is 1.94 bits per heavy atom. The van der Waals surface area contributed by atoms with Gasteiger partial charge in [-0.2, -0.15) is 0 Å². The standard InChI is InChI=1S/C25H30N2O5/c1-18(26-30)9-7-8-15-27-21-11-4-6-13-23(21)32-24(25(27)29)14-16-31-22-12-5-3-10-20(22)17-19(2)28/h3-6,10-13,24,28,30H,2,7-9,14-17H2,1H3/b26-18-. The number of ether oxygens (including phenoxy) is 2. The third-order valence-corrected chi connectivity index (χ3v) is 5.31. The van der Waals surface area contributed by atoms with Crippen LogP contribution in [0.5, 0.6) is 11.5 Å². The Morgan fingerprint density at radius 1 is 1.19 bits per heavy atom. The maximum atomic E-state index is 13.2. The molecule has 1 amide bonds. The van der Waals surface area contributed by atoms with Gasteiger partial charge in [0.05, 0.1) is 23.8 Å². The molecule has 2 aromatic carbocycles. The number of rotatable bonds is 11. The number of carbonyl (C=O) groups is 1. The third kappa shape index (κ3) is 6.03. The molecule has 1 aliphatic rings. The largest absolute Gasteiger partial charge is 0.513 e.